The summed E-state index contributed by atoms with van der Waals surface area (Å²) in [5, 5.41) is 4.35. The molecule has 0 saturated carbocycles. The van der Waals surface area contributed by atoms with Crippen LogP contribution in [0.1, 0.15) is 63.0 Å². The van der Waals surface area contributed by atoms with Gasteiger partial charge in [-0.15, -0.1) is 5.10 Å². The monoisotopic (exact) mass is 284 g/mol. The molecule has 2 aromatic rings. The fraction of sp³-hybridized carbons (Fsp3) is 0.529. The van der Waals surface area contributed by atoms with E-state index in [1.807, 2.05) is 4.68 Å². The van der Waals surface area contributed by atoms with Crippen LogP contribution in [0, 0.1) is 0 Å². The Balaban J connectivity index is 1.88. The van der Waals surface area contributed by atoms with Gasteiger partial charge in [-0.05, 0) is 29.9 Å². The molecule has 0 saturated heterocycles. The van der Waals surface area contributed by atoms with Gasteiger partial charge in [0, 0.05) is 12.3 Å². The molecule has 1 aliphatic heterocycles. The summed E-state index contributed by atoms with van der Waals surface area (Å²) < 4.78 is 2.00. The van der Waals surface area contributed by atoms with Crippen LogP contribution in [0.25, 0.3) is 0 Å². The molecule has 0 amide bonds. The number of nitrogen functional groups attached to an aromatic ring is 1. The van der Waals surface area contributed by atoms with Crippen molar-refractivity contribution in [2.24, 2.45) is 0 Å². The van der Waals surface area contributed by atoms with Gasteiger partial charge in [0.2, 0.25) is 5.95 Å². The van der Waals surface area contributed by atoms with Crippen molar-refractivity contribution in [1.29, 1.82) is 0 Å². The van der Waals surface area contributed by atoms with Gasteiger partial charge in [0.15, 0.2) is 0 Å². The first-order valence-electron chi connectivity index (χ1n) is 7.67. The van der Waals surface area contributed by atoms with Gasteiger partial charge >= 0.3 is 0 Å². The highest BCUT2D eigenvalue weighted by Crippen LogP contribution is 2.37. The number of aromatic nitrogens is 3. The number of benzene rings is 1. The van der Waals surface area contributed by atoms with E-state index in [4.69, 9.17) is 5.73 Å². The third-order valence-corrected chi connectivity index (χ3v) is 4.57. The molecule has 4 heteroatoms. The predicted molar refractivity (Wildman–Crippen MR) is 85.3 cm³/mol. The first-order chi connectivity index (χ1) is 9.86. The van der Waals surface area contributed by atoms with Crippen molar-refractivity contribution in [2.75, 3.05) is 5.73 Å². The maximum atomic E-state index is 5.73. The molecule has 2 heterocycles. The average Bonchev–Trinajstić information content (AvgIpc) is 2.80. The number of nitrogens with two attached hydrogens (primary N) is 1. The van der Waals surface area contributed by atoms with Crippen molar-refractivity contribution in [2.45, 2.75) is 57.9 Å². The van der Waals surface area contributed by atoms with Crippen LogP contribution < -0.4 is 5.73 Å². The molecule has 1 aliphatic rings. The highest BCUT2D eigenvalue weighted by molar-refractivity contribution is 5.31. The van der Waals surface area contributed by atoms with Gasteiger partial charge in [-0.3, -0.25) is 0 Å². The standard InChI is InChI=1S/C17H24N4/c1-11-14(9-10-15-19-16(18)20-21(11)15)12-5-7-13(8-6-12)17(2,3)4/h5-8,11,14H,9-10H2,1-4H3,(H2,18,20). The van der Waals surface area contributed by atoms with Gasteiger partial charge in [0.05, 0.1) is 6.04 Å². The van der Waals surface area contributed by atoms with Crippen molar-refractivity contribution in [3.05, 3.63) is 41.2 Å². The molecule has 0 radical (unpaired) electrons. The lowest BCUT2D eigenvalue weighted by Crippen LogP contribution is -2.24. The summed E-state index contributed by atoms with van der Waals surface area (Å²) in [6, 6.07) is 9.36. The summed E-state index contributed by atoms with van der Waals surface area (Å²) in [4.78, 5) is 4.31. The molecule has 2 atom stereocenters. The Bertz CT molecular complexity index is 634. The molecular weight excluding hydrogens is 260 g/mol. The van der Waals surface area contributed by atoms with E-state index in [0.29, 0.717) is 17.9 Å². The third-order valence-electron chi connectivity index (χ3n) is 4.57. The molecular formula is C17H24N4. The first kappa shape index (κ1) is 14.1. The van der Waals surface area contributed by atoms with Gasteiger partial charge in [-0.2, -0.15) is 4.98 Å². The molecule has 4 nitrogen and oxygen atoms in total. The molecule has 0 aliphatic carbocycles. The number of hydrogen-bond donors (Lipinski definition) is 1. The molecule has 112 valence electrons. The first-order valence-corrected chi connectivity index (χ1v) is 7.67. The molecule has 3 rings (SSSR count). The van der Waals surface area contributed by atoms with E-state index >= 15 is 0 Å². The second kappa shape index (κ2) is 4.86. The Morgan fingerprint density at radius 2 is 1.86 bits per heavy atom. The Kier molecular flexibility index (Phi) is 3.27. The lowest BCUT2D eigenvalue weighted by atomic mass is 9.82. The summed E-state index contributed by atoms with van der Waals surface area (Å²) in [6.45, 7) is 8.94. The Labute approximate surface area is 126 Å². The van der Waals surface area contributed by atoms with Crippen molar-refractivity contribution in [1.82, 2.24) is 14.8 Å². The summed E-state index contributed by atoms with van der Waals surface area (Å²) in [7, 11) is 0. The van der Waals surface area contributed by atoms with Crippen molar-refractivity contribution in [3.63, 3.8) is 0 Å². The van der Waals surface area contributed by atoms with Crippen LogP contribution in [-0.4, -0.2) is 14.8 Å². The quantitative estimate of drug-likeness (QED) is 0.872. The highest BCUT2D eigenvalue weighted by Gasteiger charge is 2.29. The Morgan fingerprint density at radius 1 is 1.19 bits per heavy atom. The topological polar surface area (TPSA) is 56.7 Å². The van der Waals surface area contributed by atoms with E-state index < -0.39 is 0 Å². The number of nitrogens with zero attached hydrogens (tertiary/aromatic N) is 3. The highest BCUT2D eigenvalue weighted by atomic mass is 15.4. The fourth-order valence-electron chi connectivity index (χ4n) is 3.24. The predicted octanol–water partition coefficient (Wildman–Crippen LogP) is 3.45. The molecule has 0 bridgehead atoms. The lowest BCUT2D eigenvalue weighted by Gasteiger charge is -2.30. The van der Waals surface area contributed by atoms with Crippen LogP contribution in [0.4, 0.5) is 5.95 Å². The molecule has 1 aromatic carbocycles. The third kappa shape index (κ3) is 2.55. The number of rotatable bonds is 1. The summed E-state index contributed by atoms with van der Waals surface area (Å²) in [6.07, 6.45) is 2.05. The smallest absolute Gasteiger partial charge is 0.239 e. The van der Waals surface area contributed by atoms with Gasteiger partial charge in [0.25, 0.3) is 0 Å². The van der Waals surface area contributed by atoms with Crippen LogP contribution >= 0.6 is 0 Å². The Hall–Kier alpha value is -1.84. The minimum absolute atomic E-state index is 0.199. The minimum atomic E-state index is 0.199. The molecule has 21 heavy (non-hydrogen) atoms. The van der Waals surface area contributed by atoms with Crippen LogP contribution in [0.2, 0.25) is 0 Å². The molecule has 0 spiro atoms. The maximum Gasteiger partial charge on any atom is 0.239 e. The average molecular weight is 284 g/mol. The number of aryl methyl sites for hydroxylation is 1. The van der Waals surface area contributed by atoms with E-state index in [-0.39, 0.29) is 5.41 Å². The number of fused-ring (bicyclic) bond motifs is 1. The normalized spacial score (nSPS) is 22.1. The van der Waals surface area contributed by atoms with Crippen molar-refractivity contribution in [3.8, 4) is 0 Å². The molecule has 2 unspecified atom stereocenters. The second-order valence-electron chi connectivity index (χ2n) is 7.09. The van der Waals surface area contributed by atoms with Crippen molar-refractivity contribution >= 4 is 5.95 Å². The second-order valence-corrected chi connectivity index (χ2v) is 7.09. The van der Waals surface area contributed by atoms with E-state index in [9.17, 15) is 0 Å². The maximum absolute atomic E-state index is 5.73. The minimum Gasteiger partial charge on any atom is -0.366 e. The summed E-state index contributed by atoms with van der Waals surface area (Å²) >= 11 is 0. The zero-order valence-corrected chi connectivity index (χ0v) is 13.3. The Morgan fingerprint density at radius 3 is 2.48 bits per heavy atom. The van der Waals surface area contributed by atoms with Crippen LogP contribution in [-0.2, 0) is 11.8 Å². The molecule has 0 fully saturated rings. The zero-order chi connectivity index (χ0) is 15.2. The largest absolute Gasteiger partial charge is 0.366 e. The van der Waals surface area contributed by atoms with Crippen molar-refractivity contribution < 1.29 is 0 Å². The summed E-state index contributed by atoms with van der Waals surface area (Å²) in [5.41, 5.74) is 8.69. The SMILES string of the molecule is CC1C(c2ccc(C(C)(C)C)cc2)CCc2nc(N)nn21. The summed E-state index contributed by atoms with van der Waals surface area (Å²) in [5.74, 6) is 1.88. The van der Waals surface area contributed by atoms with E-state index in [2.05, 4.69) is 62.0 Å². The van der Waals surface area contributed by atoms with E-state index in [1.54, 1.807) is 0 Å². The van der Waals surface area contributed by atoms with Crippen LogP contribution in [0.15, 0.2) is 24.3 Å². The molecule has 1 aromatic heterocycles. The van der Waals surface area contributed by atoms with Gasteiger partial charge in [-0.1, -0.05) is 45.0 Å². The van der Waals surface area contributed by atoms with Gasteiger partial charge in [0.1, 0.15) is 5.82 Å². The van der Waals surface area contributed by atoms with E-state index in [1.165, 1.54) is 11.1 Å². The van der Waals surface area contributed by atoms with Crippen LogP contribution in [0.3, 0.4) is 0 Å². The lowest BCUT2D eigenvalue weighted by molar-refractivity contribution is 0.338. The number of hydrogen-bond acceptors (Lipinski definition) is 3. The molecule has 2 N–H and O–H groups in total. The van der Waals surface area contributed by atoms with Crippen LogP contribution in [0.5, 0.6) is 0 Å². The zero-order valence-electron chi connectivity index (χ0n) is 13.3. The fourth-order valence-corrected chi connectivity index (χ4v) is 3.24. The number of anilines is 1. The van der Waals surface area contributed by atoms with Gasteiger partial charge < -0.3 is 5.73 Å². The van der Waals surface area contributed by atoms with E-state index in [0.717, 1.165) is 18.7 Å². The van der Waals surface area contributed by atoms with Gasteiger partial charge in [-0.25, -0.2) is 4.68 Å².